The zero-order chi connectivity index (χ0) is 82.6. The Hall–Kier alpha value is -6.83. The van der Waals surface area contributed by atoms with Crippen LogP contribution < -0.4 is 0 Å². The van der Waals surface area contributed by atoms with Crippen molar-refractivity contribution in [3.63, 3.8) is 0 Å². The summed E-state index contributed by atoms with van der Waals surface area (Å²) in [7, 11) is 0. The average Bonchev–Trinajstić information content (AvgIpc) is 0.649. The average molecular weight is 1420 g/mol. The first-order valence-electron chi connectivity index (χ1n) is 37.6. The van der Waals surface area contributed by atoms with Crippen molar-refractivity contribution in [1.29, 1.82) is 0 Å². The van der Waals surface area contributed by atoms with Crippen molar-refractivity contribution in [1.82, 2.24) is 0 Å². The summed E-state index contributed by atoms with van der Waals surface area (Å²) in [5.41, 5.74) is 17.5. The number of hydrogen-bond acceptors (Lipinski definition) is 0. The second-order valence-electron chi connectivity index (χ2n) is 30.7. The fourth-order valence-corrected chi connectivity index (χ4v) is 8.06. The Labute approximate surface area is 628 Å². The Bertz CT molecular complexity index is 3310. The Morgan fingerprint density at radius 2 is 0.451 bits per heavy atom. The topological polar surface area (TPSA) is 8.72 Å². The first-order chi connectivity index (χ1) is 46.8. The van der Waals surface area contributed by atoms with Crippen LogP contribution >= 0.6 is 0 Å². The molecule has 0 atom stereocenters. The molecule has 0 aliphatic heterocycles. The van der Waals surface area contributed by atoms with Crippen molar-refractivity contribution < 1.29 is 22.0 Å². The molecular weight excluding hydrogens is 1260 g/mol. The Kier molecular flexibility index (Phi) is 55.5. The van der Waals surface area contributed by atoms with Gasteiger partial charge in [0.15, 0.2) is 11.4 Å². The summed E-state index contributed by atoms with van der Waals surface area (Å²) < 4.78 is 66.2. The molecule has 0 unspecified atom stereocenters. The number of halogens is 5. The van der Waals surface area contributed by atoms with Gasteiger partial charge in [-0.15, -0.1) is 0 Å². The molecule has 0 aliphatic rings. The zero-order valence-electron chi connectivity index (χ0n) is 73.8. The summed E-state index contributed by atoms with van der Waals surface area (Å²) in [6.07, 6.45) is 0. The van der Waals surface area contributed by atoms with Gasteiger partial charge in [0.25, 0.3) is 0 Å². The molecule has 7 heteroatoms. The monoisotopic (exact) mass is 1420 g/mol. The van der Waals surface area contributed by atoms with Crippen molar-refractivity contribution in [2.45, 2.75) is 343 Å². The summed E-state index contributed by atoms with van der Waals surface area (Å²) in [4.78, 5) is 6.81. The minimum absolute atomic E-state index is 0.0271. The van der Waals surface area contributed by atoms with Crippen LogP contribution in [0.3, 0.4) is 0 Å². The van der Waals surface area contributed by atoms with Gasteiger partial charge in [0.1, 0.15) is 29.1 Å². The molecule has 0 aromatic heterocycles. The van der Waals surface area contributed by atoms with Crippen LogP contribution in [0.2, 0.25) is 0 Å². The largest absolute Gasteiger partial charge is 0.238 e. The van der Waals surface area contributed by atoms with E-state index >= 15 is 0 Å². The highest BCUT2D eigenvalue weighted by molar-refractivity contribution is 5.56. The molecule has 0 radical (unpaired) electrons. The van der Waals surface area contributed by atoms with Gasteiger partial charge in [-0.05, 0) is 197 Å². The molecule has 0 N–H and O–H groups in total. The molecule has 7 rings (SSSR count). The van der Waals surface area contributed by atoms with E-state index in [1.165, 1.54) is 58.5 Å². The van der Waals surface area contributed by atoms with E-state index in [4.69, 9.17) is 13.1 Å². The van der Waals surface area contributed by atoms with E-state index < -0.39 is 11.6 Å². The second-order valence-corrected chi connectivity index (χ2v) is 30.7. The number of nitrogens with zero attached hydrogens (tertiary/aromatic N) is 2. The van der Waals surface area contributed by atoms with Crippen LogP contribution in [0.1, 0.15) is 331 Å². The number of hydrogen-bond donors (Lipinski definition) is 0. The normalized spacial score (nSPS) is 10.4. The molecule has 0 aliphatic carbocycles. The lowest BCUT2D eigenvalue weighted by atomic mass is 9.85. The third-order valence-corrected chi connectivity index (χ3v) is 15.4. The molecular formula is C95H151F5N2. The van der Waals surface area contributed by atoms with Crippen LogP contribution in [-0.4, -0.2) is 0 Å². The first-order valence-corrected chi connectivity index (χ1v) is 37.6. The van der Waals surface area contributed by atoms with Crippen molar-refractivity contribution in [2.75, 3.05) is 0 Å². The first kappa shape index (κ1) is 109. The van der Waals surface area contributed by atoms with Gasteiger partial charge >= 0.3 is 0 Å². The standard InChI is InChI=1S/C12H14FN.C12H17F.C12H15N.C12H18.C11H14F2.C11H15F.C11H16.7C2H6/c1-8-10(13)6-9(12(2,3)4)7-11(8)14-5;1-8-6-10(12(3,4)5)7-11(13)9(8)2;1-9-6-7-10(12(2,3)4)8-11(9)13-5;1-9-6-7-11(8-10(9)2)12(3,4)5;1-7-9(12)5-8(6-10(7)13)11(2,3)4;1-8-5-6-9(7-10(8)12)11(2,3)4;1-9-5-7-10(8-6-9)11(2,3)4;7*1-2/h6-7H,1-4H3;6-7H,1-5H3;6-8H,1-4H3;6-8H,1-5H3;5-6H,1-4H3;5-7H,1-4H3;5-8H,1-4H3;7*1-2H3. The lowest BCUT2D eigenvalue weighted by Crippen LogP contribution is -2.12. The number of rotatable bonds is 0. The number of aryl methyl sites for hydroxylation is 6. The van der Waals surface area contributed by atoms with Gasteiger partial charge in [0.05, 0.1) is 13.1 Å². The minimum Gasteiger partial charge on any atom is -0.238 e. The van der Waals surface area contributed by atoms with Crippen LogP contribution in [0.15, 0.2) is 115 Å². The lowest BCUT2D eigenvalue weighted by Gasteiger charge is -2.20. The maximum Gasteiger partial charge on any atom is 0.193 e. The predicted octanol–water partition coefficient (Wildman–Crippen LogP) is 32.6. The molecule has 0 fully saturated rings. The summed E-state index contributed by atoms with van der Waals surface area (Å²) in [5, 5.41) is 0. The van der Waals surface area contributed by atoms with Crippen molar-refractivity contribution >= 4 is 11.4 Å². The lowest BCUT2D eigenvalue weighted by molar-refractivity contribution is 0.536. The number of benzene rings is 7. The SMILES string of the molecule is CC.CC.CC.CC.CC.CC.CC.Cc1c(F)cc(C(C)(C)C)cc1F.Cc1cc(C(C)(C)C)cc(F)c1C.Cc1ccc(C(C)(C)C)cc1.Cc1ccc(C(C)(C)C)cc1C.Cc1ccc(C(C)(C)C)cc1F.[C-]#[N+]c1cc(C(C)(C)C)cc(F)c1C.[C-]#[N+]c1cc(C(C)(C)C)ccc1C. The Morgan fingerprint density at radius 3 is 0.755 bits per heavy atom. The molecule has 0 heterocycles. The molecule has 0 amide bonds. The van der Waals surface area contributed by atoms with E-state index in [0.717, 1.165) is 39.1 Å². The van der Waals surface area contributed by atoms with E-state index in [0.29, 0.717) is 22.4 Å². The highest BCUT2D eigenvalue weighted by Gasteiger charge is 2.21. The van der Waals surface area contributed by atoms with Crippen LogP contribution in [0.4, 0.5) is 33.3 Å². The molecule has 0 spiro atoms. The Balaban J connectivity index is -0.000000200. The van der Waals surface area contributed by atoms with E-state index in [9.17, 15) is 22.0 Å². The van der Waals surface area contributed by atoms with Gasteiger partial charge in [-0.1, -0.05) is 344 Å². The van der Waals surface area contributed by atoms with E-state index in [1.807, 2.05) is 184 Å². The molecule has 7 aromatic carbocycles. The maximum absolute atomic E-state index is 13.4. The van der Waals surface area contributed by atoms with E-state index in [1.54, 1.807) is 32.0 Å². The van der Waals surface area contributed by atoms with Crippen LogP contribution in [0.5, 0.6) is 0 Å². The van der Waals surface area contributed by atoms with Gasteiger partial charge in [-0.25, -0.2) is 31.6 Å². The molecule has 102 heavy (non-hydrogen) atoms. The summed E-state index contributed by atoms with van der Waals surface area (Å²) in [6.45, 7) is 103. The second kappa shape index (κ2) is 52.2. The third-order valence-electron chi connectivity index (χ3n) is 15.4. The van der Waals surface area contributed by atoms with Crippen LogP contribution in [-0.2, 0) is 37.9 Å². The van der Waals surface area contributed by atoms with Crippen LogP contribution in [0, 0.1) is 105 Å². The predicted molar refractivity (Wildman–Crippen MR) is 450 cm³/mol. The fourth-order valence-electron chi connectivity index (χ4n) is 8.06. The quantitative estimate of drug-likeness (QED) is 0.106. The van der Waals surface area contributed by atoms with Gasteiger partial charge in [-0.3, -0.25) is 0 Å². The van der Waals surface area contributed by atoms with Gasteiger partial charge in [-0.2, -0.15) is 0 Å². The van der Waals surface area contributed by atoms with Crippen LogP contribution in [0.25, 0.3) is 9.69 Å². The summed E-state index contributed by atoms with van der Waals surface area (Å²) in [5.74, 6) is -1.43. The highest BCUT2D eigenvalue weighted by atomic mass is 19.1. The fraction of sp³-hybridized carbons (Fsp3) is 0.537. The van der Waals surface area contributed by atoms with Crippen molar-refractivity contribution in [3.05, 3.63) is 256 Å². The van der Waals surface area contributed by atoms with Gasteiger partial charge < -0.3 is 0 Å². The molecule has 0 saturated carbocycles. The van der Waals surface area contributed by atoms with Crippen molar-refractivity contribution in [3.8, 4) is 0 Å². The molecule has 0 bridgehead atoms. The molecule has 7 aromatic rings. The highest BCUT2D eigenvalue weighted by Crippen LogP contribution is 2.33. The summed E-state index contributed by atoms with van der Waals surface area (Å²) in [6, 6.07) is 36.8. The van der Waals surface area contributed by atoms with E-state index in [2.05, 4.69) is 189 Å². The van der Waals surface area contributed by atoms with E-state index in [-0.39, 0.29) is 60.9 Å². The van der Waals surface area contributed by atoms with Gasteiger partial charge in [0, 0.05) is 5.56 Å². The minimum atomic E-state index is -0.468. The summed E-state index contributed by atoms with van der Waals surface area (Å²) >= 11 is 0. The molecule has 576 valence electrons. The smallest absolute Gasteiger partial charge is 0.193 e. The van der Waals surface area contributed by atoms with Gasteiger partial charge in [0.2, 0.25) is 0 Å². The molecule has 0 saturated heterocycles. The third kappa shape index (κ3) is 42.7. The zero-order valence-corrected chi connectivity index (χ0v) is 73.8. The molecule has 2 nitrogen and oxygen atoms in total. The maximum atomic E-state index is 13.4. The Morgan fingerprint density at radius 1 is 0.216 bits per heavy atom. The van der Waals surface area contributed by atoms with Crippen molar-refractivity contribution in [2.24, 2.45) is 0 Å².